The highest BCUT2D eigenvalue weighted by molar-refractivity contribution is 6.11. The van der Waals surface area contributed by atoms with Crippen molar-refractivity contribution >= 4 is 21.9 Å². The average molecular weight is 305 g/mol. The van der Waals surface area contributed by atoms with Crippen molar-refractivity contribution in [3.05, 3.63) is 60.0 Å². The van der Waals surface area contributed by atoms with Crippen LogP contribution in [0.3, 0.4) is 0 Å². The number of aryl methyl sites for hydroxylation is 3. The summed E-state index contributed by atoms with van der Waals surface area (Å²) in [5.41, 5.74) is 5.17. The van der Waals surface area contributed by atoms with Gasteiger partial charge in [0.15, 0.2) is 11.8 Å². The molecule has 3 aromatic heterocycles. The van der Waals surface area contributed by atoms with Gasteiger partial charge in [-0.2, -0.15) is 0 Å². The third-order valence-corrected chi connectivity index (χ3v) is 4.29. The predicted molar refractivity (Wildman–Crippen MR) is 92.2 cm³/mol. The maximum absolute atomic E-state index is 7.93. The standard InChI is InChI=1S/C20H19N2O/c1-4-14-9-10-16(22(3)12-14)19-13(2)21-11-18-20(19)15-7-5-6-8-17(15)23-18/h5-12H,4H2,1-3H3/q+1/i4D2. The molecule has 4 rings (SSSR count). The summed E-state index contributed by atoms with van der Waals surface area (Å²) in [5, 5.41) is 2.11. The van der Waals surface area contributed by atoms with Gasteiger partial charge in [0.1, 0.15) is 12.6 Å². The molecule has 0 saturated heterocycles. The van der Waals surface area contributed by atoms with Crippen LogP contribution in [0.1, 0.15) is 20.9 Å². The van der Waals surface area contributed by atoms with E-state index in [0.29, 0.717) is 5.56 Å². The number of benzene rings is 1. The summed E-state index contributed by atoms with van der Waals surface area (Å²) < 4.78 is 23.8. The molecule has 0 radical (unpaired) electrons. The molecule has 114 valence electrons. The smallest absolute Gasteiger partial charge is 0.214 e. The topological polar surface area (TPSA) is 29.9 Å². The van der Waals surface area contributed by atoms with Crippen LogP contribution < -0.4 is 4.57 Å². The minimum Gasteiger partial charge on any atom is -0.454 e. The largest absolute Gasteiger partial charge is 0.454 e. The number of fused-ring (bicyclic) bond motifs is 3. The van der Waals surface area contributed by atoms with E-state index in [-0.39, 0.29) is 0 Å². The molecular formula is C20H19N2O+. The quantitative estimate of drug-likeness (QED) is 0.516. The molecule has 0 aliphatic rings. The van der Waals surface area contributed by atoms with Crippen molar-refractivity contribution in [2.45, 2.75) is 20.2 Å². The zero-order valence-corrected chi connectivity index (χ0v) is 13.4. The molecule has 0 fully saturated rings. The maximum Gasteiger partial charge on any atom is 0.214 e. The Labute approximate surface area is 138 Å². The van der Waals surface area contributed by atoms with Crippen molar-refractivity contribution in [2.24, 2.45) is 7.05 Å². The lowest BCUT2D eigenvalue weighted by molar-refractivity contribution is -0.660. The Bertz CT molecular complexity index is 1110. The summed E-state index contributed by atoms with van der Waals surface area (Å²) in [4.78, 5) is 4.51. The van der Waals surface area contributed by atoms with Gasteiger partial charge in [-0.3, -0.25) is 4.98 Å². The lowest BCUT2D eigenvalue weighted by atomic mass is 10.0. The van der Waals surface area contributed by atoms with Crippen molar-refractivity contribution < 1.29 is 11.7 Å². The van der Waals surface area contributed by atoms with Gasteiger partial charge in [0.2, 0.25) is 5.69 Å². The molecule has 1 aromatic carbocycles. The van der Waals surface area contributed by atoms with Crippen molar-refractivity contribution in [2.75, 3.05) is 0 Å². The number of furan rings is 1. The maximum atomic E-state index is 7.93. The fourth-order valence-corrected chi connectivity index (χ4v) is 3.14. The first kappa shape index (κ1) is 11.8. The summed E-state index contributed by atoms with van der Waals surface area (Å²) >= 11 is 0. The molecule has 0 saturated carbocycles. The van der Waals surface area contributed by atoms with Crippen LogP contribution in [0.2, 0.25) is 0 Å². The fraction of sp³-hybridized carbons (Fsp3) is 0.200. The van der Waals surface area contributed by atoms with E-state index in [0.717, 1.165) is 38.9 Å². The summed E-state index contributed by atoms with van der Waals surface area (Å²) in [6.07, 6.45) is 2.24. The molecule has 0 aliphatic carbocycles. The van der Waals surface area contributed by atoms with Crippen LogP contribution in [-0.4, -0.2) is 4.98 Å². The Morgan fingerprint density at radius 3 is 2.78 bits per heavy atom. The van der Waals surface area contributed by atoms with E-state index in [9.17, 15) is 0 Å². The van der Waals surface area contributed by atoms with Crippen molar-refractivity contribution in [1.29, 1.82) is 0 Å². The summed E-state index contributed by atoms with van der Waals surface area (Å²) in [6, 6.07) is 11.8. The van der Waals surface area contributed by atoms with Gasteiger partial charge in [0.05, 0.1) is 17.5 Å². The van der Waals surface area contributed by atoms with E-state index in [4.69, 9.17) is 7.16 Å². The number of nitrogens with zero attached hydrogens (tertiary/aromatic N) is 2. The molecule has 3 heteroatoms. The lowest BCUT2D eigenvalue weighted by Gasteiger charge is -2.06. The minimum atomic E-state index is -1.38. The number of hydrogen-bond donors (Lipinski definition) is 0. The van der Waals surface area contributed by atoms with Gasteiger partial charge in [-0.05, 0) is 25.4 Å². The van der Waals surface area contributed by atoms with Crippen LogP contribution in [0.25, 0.3) is 33.2 Å². The van der Waals surface area contributed by atoms with Gasteiger partial charge in [-0.25, -0.2) is 4.57 Å². The Balaban J connectivity index is 2.06. The average Bonchev–Trinajstić information content (AvgIpc) is 2.93. The zero-order chi connectivity index (χ0) is 17.8. The van der Waals surface area contributed by atoms with Crippen molar-refractivity contribution in [3.63, 3.8) is 0 Å². The highest BCUT2D eigenvalue weighted by atomic mass is 16.3. The second-order valence-electron chi connectivity index (χ2n) is 5.72. The normalized spacial score (nSPS) is 13.3. The molecule has 3 nitrogen and oxygen atoms in total. The molecule has 3 heterocycles. The van der Waals surface area contributed by atoms with E-state index in [1.54, 1.807) is 13.1 Å². The molecule has 0 bridgehead atoms. The van der Waals surface area contributed by atoms with Gasteiger partial charge in [0.25, 0.3) is 0 Å². The molecule has 0 aliphatic heterocycles. The summed E-state index contributed by atoms with van der Waals surface area (Å²) in [7, 11) is 1.94. The second kappa shape index (κ2) is 5.20. The molecule has 23 heavy (non-hydrogen) atoms. The molecule has 4 aromatic rings. The van der Waals surface area contributed by atoms with Crippen LogP contribution in [0, 0.1) is 6.92 Å². The van der Waals surface area contributed by atoms with Gasteiger partial charge < -0.3 is 4.42 Å². The van der Waals surface area contributed by atoms with Gasteiger partial charge in [-0.1, -0.05) is 25.1 Å². The first-order valence-electron chi connectivity index (χ1n) is 8.63. The number of hydrogen-bond acceptors (Lipinski definition) is 2. The summed E-state index contributed by atoms with van der Waals surface area (Å²) in [5.74, 6) is 0. The molecular weight excluding hydrogens is 284 g/mol. The molecule has 0 amide bonds. The monoisotopic (exact) mass is 305 g/mol. The first-order chi connectivity index (χ1) is 11.9. The van der Waals surface area contributed by atoms with Crippen LogP contribution >= 0.6 is 0 Å². The SMILES string of the molecule is [2H]C([2H])(C)c1ccc(-c2c(C)ncc3oc4ccccc4c23)[n+](C)c1. The molecule has 0 atom stereocenters. The van der Waals surface area contributed by atoms with Crippen molar-refractivity contribution in [1.82, 2.24) is 4.98 Å². The first-order valence-corrected chi connectivity index (χ1v) is 7.63. The van der Waals surface area contributed by atoms with Gasteiger partial charge in [-0.15, -0.1) is 0 Å². The Morgan fingerprint density at radius 2 is 2.00 bits per heavy atom. The number of rotatable bonds is 2. The lowest BCUT2D eigenvalue weighted by Crippen LogP contribution is -2.31. The van der Waals surface area contributed by atoms with E-state index in [1.165, 1.54) is 0 Å². The highest BCUT2D eigenvalue weighted by Crippen LogP contribution is 2.36. The third kappa shape index (κ3) is 2.12. The molecule has 0 unspecified atom stereocenters. The van der Waals surface area contributed by atoms with E-state index >= 15 is 0 Å². The van der Waals surface area contributed by atoms with Crippen LogP contribution in [0.4, 0.5) is 0 Å². The van der Waals surface area contributed by atoms with E-state index in [2.05, 4.69) is 11.1 Å². The Hall–Kier alpha value is -2.68. The Morgan fingerprint density at radius 1 is 1.17 bits per heavy atom. The second-order valence-corrected chi connectivity index (χ2v) is 5.72. The highest BCUT2D eigenvalue weighted by Gasteiger charge is 2.21. The van der Waals surface area contributed by atoms with Gasteiger partial charge >= 0.3 is 0 Å². The number of para-hydroxylation sites is 1. The van der Waals surface area contributed by atoms with Crippen LogP contribution in [0.5, 0.6) is 0 Å². The fourth-order valence-electron chi connectivity index (χ4n) is 3.14. The van der Waals surface area contributed by atoms with Crippen molar-refractivity contribution in [3.8, 4) is 11.3 Å². The number of aromatic nitrogens is 2. The third-order valence-electron chi connectivity index (χ3n) is 4.29. The minimum absolute atomic E-state index is 0.647. The van der Waals surface area contributed by atoms with Gasteiger partial charge in [0, 0.05) is 25.1 Å². The molecule has 0 N–H and O–H groups in total. The van der Waals surface area contributed by atoms with Crippen LogP contribution in [0.15, 0.2) is 53.2 Å². The van der Waals surface area contributed by atoms with Crippen LogP contribution in [-0.2, 0) is 13.4 Å². The number of pyridine rings is 2. The zero-order valence-electron chi connectivity index (χ0n) is 15.4. The van der Waals surface area contributed by atoms with E-state index in [1.807, 2.05) is 55.1 Å². The molecule has 0 spiro atoms. The predicted octanol–water partition coefficient (Wildman–Crippen LogP) is 4.34. The van der Waals surface area contributed by atoms with E-state index < -0.39 is 6.37 Å². The Kier molecular flexibility index (Phi) is 2.67. The summed E-state index contributed by atoms with van der Waals surface area (Å²) in [6.45, 7) is 3.56.